The highest BCUT2D eigenvalue weighted by atomic mass is 16.5. The fourth-order valence-corrected chi connectivity index (χ4v) is 2.56. The number of benzene rings is 1. The first kappa shape index (κ1) is 17.2. The summed E-state index contributed by atoms with van der Waals surface area (Å²) in [5.74, 6) is -2.46. The molecule has 0 aliphatic carbocycles. The number of carboxylic acids is 1. The number of aliphatic carboxylic acids is 1. The van der Waals surface area contributed by atoms with Gasteiger partial charge in [-0.3, -0.25) is 13.9 Å². The molecule has 2 aromatic heterocycles. The molecule has 3 rings (SSSR count). The average Bonchev–Trinajstić information content (AvgIpc) is 2.95. The van der Waals surface area contributed by atoms with Gasteiger partial charge >= 0.3 is 5.97 Å². The number of aromatic hydroxyl groups is 2. The summed E-state index contributed by atoms with van der Waals surface area (Å²) in [6.45, 7) is 0.137. The smallest absolute Gasteiger partial charge is 0.348 e. The number of hydrogen-bond donors (Lipinski definition) is 3. The number of hydrogen-bond acceptors (Lipinski definition) is 5. The third-order valence-electron chi connectivity index (χ3n) is 3.78. The van der Waals surface area contributed by atoms with E-state index >= 15 is 0 Å². The van der Waals surface area contributed by atoms with Gasteiger partial charge in [-0.15, -0.1) is 0 Å². The van der Waals surface area contributed by atoms with Crippen LogP contribution >= 0.6 is 0 Å². The van der Waals surface area contributed by atoms with Gasteiger partial charge in [0.2, 0.25) is 6.17 Å². The maximum absolute atomic E-state index is 12.7. The van der Waals surface area contributed by atoms with Crippen molar-refractivity contribution in [2.75, 3.05) is 0 Å². The quantitative estimate of drug-likeness (QED) is 0.620. The molecular weight excluding hydrogens is 340 g/mol. The van der Waals surface area contributed by atoms with E-state index < -0.39 is 29.5 Å². The molecule has 0 radical (unpaired) electrons. The molecule has 0 bridgehead atoms. The van der Waals surface area contributed by atoms with Crippen LogP contribution in [0.25, 0.3) is 0 Å². The van der Waals surface area contributed by atoms with E-state index in [-0.39, 0.29) is 12.4 Å². The van der Waals surface area contributed by atoms with Crippen molar-refractivity contribution in [3.63, 3.8) is 0 Å². The van der Waals surface area contributed by atoms with E-state index in [1.54, 1.807) is 0 Å². The number of ether oxygens (including phenoxy) is 1. The summed E-state index contributed by atoms with van der Waals surface area (Å²) < 4.78 is 7.10. The Morgan fingerprint density at radius 1 is 1.00 bits per heavy atom. The maximum Gasteiger partial charge on any atom is 0.348 e. The molecule has 8 heteroatoms. The predicted molar refractivity (Wildman–Crippen MR) is 91.3 cm³/mol. The number of rotatable bonds is 6. The van der Waals surface area contributed by atoms with Crippen molar-refractivity contribution < 1.29 is 24.9 Å². The molecule has 3 aromatic rings. The number of carboxylic acid groups (broad SMARTS) is 1. The van der Waals surface area contributed by atoms with E-state index in [1.165, 1.54) is 18.3 Å². The van der Waals surface area contributed by atoms with Crippen LogP contribution in [0.3, 0.4) is 0 Å². The molecule has 0 saturated carbocycles. The zero-order valence-electron chi connectivity index (χ0n) is 13.5. The van der Waals surface area contributed by atoms with Crippen LogP contribution in [0.2, 0.25) is 0 Å². The lowest BCUT2D eigenvalue weighted by molar-refractivity contribution is -0.142. The van der Waals surface area contributed by atoms with Gasteiger partial charge in [0, 0.05) is 18.3 Å². The highest BCUT2D eigenvalue weighted by Gasteiger charge is 2.28. The van der Waals surface area contributed by atoms with E-state index in [0.717, 1.165) is 26.8 Å². The summed E-state index contributed by atoms with van der Waals surface area (Å²) in [6, 6.07) is 14.3. The van der Waals surface area contributed by atoms with Crippen molar-refractivity contribution in [1.29, 1.82) is 0 Å². The third-order valence-corrected chi connectivity index (χ3v) is 3.78. The Balaban J connectivity index is 1.97. The average molecular weight is 356 g/mol. The van der Waals surface area contributed by atoms with Crippen molar-refractivity contribution >= 4 is 5.97 Å². The fraction of sp³-hybridized carbons (Fsp3) is 0.111. The Morgan fingerprint density at radius 3 is 2.27 bits per heavy atom. The minimum absolute atomic E-state index is 0.0475. The van der Waals surface area contributed by atoms with Crippen molar-refractivity contribution in [2.45, 2.75) is 12.8 Å². The van der Waals surface area contributed by atoms with Crippen molar-refractivity contribution in [3.05, 3.63) is 76.7 Å². The fourth-order valence-electron chi connectivity index (χ4n) is 2.56. The number of aromatic nitrogens is 2. The summed E-state index contributed by atoms with van der Waals surface area (Å²) in [5.41, 5.74) is 0.140. The monoisotopic (exact) mass is 356 g/mol. The Hall–Kier alpha value is -3.68. The normalized spacial score (nSPS) is 11.8. The van der Waals surface area contributed by atoms with Gasteiger partial charge in [0.15, 0.2) is 17.5 Å². The summed E-state index contributed by atoms with van der Waals surface area (Å²) >= 11 is 0. The Kier molecular flexibility index (Phi) is 4.66. The molecule has 2 heterocycles. The third kappa shape index (κ3) is 3.25. The molecule has 8 nitrogen and oxygen atoms in total. The molecule has 134 valence electrons. The van der Waals surface area contributed by atoms with Crippen molar-refractivity contribution in [2.24, 2.45) is 0 Å². The van der Waals surface area contributed by atoms with Crippen LogP contribution in [0.1, 0.15) is 11.7 Å². The Bertz CT molecular complexity index is 957. The lowest BCUT2D eigenvalue weighted by Crippen LogP contribution is -2.34. The SMILES string of the molecule is O=C(O)C(n1c(O)ccc1O)n1cccc(OCc2ccccc2)c1=O. The Labute approximate surface area is 147 Å². The summed E-state index contributed by atoms with van der Waals surface area (Å²) in [4.78, 5) is 24.4. The van der Waals surface area contributed by atoms with Gasteiger partial charge < -0.3 is 20.1 Å². The highest BCUT2D eigenvalue weighted by Crippen LogP contribution is 2.27. The minimum atomic E-state index is -1.67. The first-order chi connectivity index (χ1) is 12.5. The second-order valence-corrected chi connectivity index (χ2v) is 5.49. The van der Waals surface area contributed by atoms with Crippen molar-refractivity contribution in [1.82, 2.24) is 9.13 Å². The Morgan fingerprint density at radius 2 is 1.65 bits per heavy atom. The molecule has 0 saturated heterocycles. The molecule has 3 N–H and O–H groups in total. The van der Waals surface area contributed by atoms with Gasteiger partial charge in [-0.1, -0.05) is 30.3 Å². The lowest BCUT2D eigenvalue weighted by Gasteiger charge is -2.19. The number of pyridine rings is 1. The molecule has 1 unspecified atom stereocenters. The zero-order valence-corrected chi connectivity index (χ0v) is 13.5. The van der Waals surface area contributed by atoms with E-state index in [2.05, 4.69) is 0 Å². The second kappa shape index (κ2) is 7.06. The number of nitrogens with zero attached hydrogens (tertiary/aromatic N) is 2. The molecule has 26 heavy (non-hydrogen) atoms. The van der Waals surface area contributed by atoms with Crippen LogP contribution in [-0.4, -0.2) is 30.4 Å². The lowest BCUT2D eigenvalue weighted by atomic mass is 10.2. The van der Waals surface area contributed by atoms with Gasteiger partial charge in [-0.25, -0.2) is 4.79 Å². The van der Waals surface area contributed by atoms with Crippen LogP contribution in [0.4, 0.5) is 0 Å². The molecule has 0 aliphatic heterocycles. The molecule has 0 spiro atoms. The van der Waals surface area contributed by atoms with Crippen LogP contribution in [0, 0.1) is 0 Å². The standard InChI is InChI=1S/C18H16N2O6/c21-14-8-9-15(22)20(14)16(18(24)25)19-10-4-7-13(17(19)23)26-11-12-5-2-1-3-6-12/h1-10,16,21-22H,11H2,(H,24,25). The molecule has 0 fully saturated rings. The van der Waals surface area contributed by atoms with Gasteiger partial charge in [-0.05, 0) is 17.7 Å². The van der Waals surface area contributed by atoms with Gasteiger partial charge in [0.05, 0.1) is 0 Å². The summed E-state index contributed by atoms with van der Waals surface area (Å²) in [6.07, 6.45) is -0.423. The van der Waals surface area contributed by atoms with Crippen LogP contribution in [-0.2, 0) is 11.4 Å². The molecule has 1 aromatic carbocycles. The van der Waals surface area contributed by atoms with Gasteiger partial charge in [0.25, 0.3) is 5.56 Å². The van der Waals surface area contributed by atoms with Crippen LogP contribution < -0.4 is 10.3 Å². The van der Waals surface area contributed by atoms with Gasteiger partial charge in [0.1, 0.15) is 6.61 Å². The molecule has 0 amide bonds. The predicted octanol–water partition coefficient (Wildman–Crippen LogP) is 1.77. The first-order valence-electron chi connectivity index (χ1n) is 7.69. The summed E-state index contributed by atoms with van der Waals surface area (Å²) in [7, 11) is 0. The van der Waals surface area contributed by atoms with Crippen LogP contribution in [0.5, 0.6) is 17.5 Å². The van der Waals surface area contributed by atoms with E-state index in [1.807, 2.05) is 30.3 Å². The van der Waals surface area contributed by atoms with Crippen molar-refractivity contribution in [3.8, 4) is 17.5 Å². The van der Waals surface area contributed by atoms with E-state index in [4.69, 9.17) is 4.74 Å². The van der Waals surface area contributed by atoms with E-state index in [0.29, 0.717) is 0 Å². The number of carbonyl (C=O) groups is 1. The molecule has 0 aliphatic rings. The molecular formula is C18H16N2O6. The van der Waals surface area contributed by atoms with E-state index in [9.17, 15) is 24.9 Å². The largest absolute Gasteiger partial charge is 0.494 e. The topological polar surface area (TPSA) is 114 Å². The van der Waals surface area contributed by atoms with Gasteiger partial charge in [-0.2, -0.15) is 0 Å². The minimum Gasteiger partial charge on any atom is -0.494 e. The summed E-state index contributed by atoms with van der Waals surface area (Å²) in [5, 5.41) is 29.2. The zero-order chi connectivity index (χ0) is 18.7. The van der Waals surface area contributed by atoms with Crippen LogP contribution in [0.15, 0.2) is 65.6 Å². The maximum atomic E-state index is 12.7. The first-order valence-corrected chi connectivity index (χ1v) is 7.69. The second-order valence-electron chi connectivity index (χ2n) is 5.49. The highest BCUT2D eigenvalue weighted by molar-refractivity contribution is 5.72. The molecule has 1 atom stereocenters.